The van der Waals surface area contributed by atoms with Gasteiger partial charge in [0.1, 0.15) is 5.82 Å². The average molecular weight is 425 g/mol. The van der Waals surface area contributed by atoms with Crippen molar-refractivity contribution in [2.45, 2.75) is 33.2 Å². The molecule has 3 heterocycles. The number of benzene rings is 1. The van der Waals surface area contributed by atoms with Crippen molar-refractivity contribution in [1.29, 1.82) is 0 Å². The predicted octanol–water partition coefficient (Wildman–Crippen LogP) is 5.18. The van der Waals surface area contributed by atoms with Crippen LogP contribution in [0.3, 0.4) is 0 Å². The topological polar surface area (TPSA) is 53.7 Å². The van der Waals surface area contributed by atoms with Crippen LogP contribution in [0.2, 0.25) is 10.0 Å². The SMILES string of the molecule is Cc1nc2sc([C@H](c3ccc(Cl)c(Cl)c3)N3C[C@@H](C)C[C@H](C)C3)c(O)n2n1. The van der Waals surface area contributed by atoms with E-state index >= 15 is 0 Å². The highest BCUT2D eigenvalue weighted by atomic mass is 35.5. The second-order valence-electron chi connectivity index (χ2n) is 7.62. The number of aryl methyl sites for hydroxylation is 1. The Labute approximate surface area is 172 Å². The fourth-order valence-corrected chi connectivity index (χ4v) is 5.63. The summed E-state index contributed by atoms with van der Waals surface area (Å²) in [4.78, 5) is 8.38. The minimum atomic E-state index is -0.112. The van der Waals surface area contributed by atoms with E-state index in [1.54, 1.807) is 0 Å². The first-order valence-electron chi connectivity index (χ1n) is 9.07. The maximum atomic E-state index is 10.9. The Morgan fingerprint density at radius 3 is 2.52 bits per heavy atom. The fourth-order valence-electron chi connectivity index (χ4n) is 4.16. The molecule has 5 nitrogen and oxygen atoms in total. The second kappa shape index (κ2) is 7.24. The molecule has 0 amide bonds. The van der Waals surface area contributed by atoms with E-state index in [1.165, 1.54) is 22.3 Å². The maximum Gasteiger partial charge on any atom is 0.230 e. The zero-order valence-electron chi connectivity index (χ0n) is 15.5. The van der Waals surface area contributed by atoms with Gasteiger partial charge >= 0.3 is 0 Å². The molecule has 1 saturated heterocycles. The summed E-state index contributed by atoms with van der Waals surface area (Å²) in [7, 11) is 0. The Morgan fingerprint density at radius 1 is 1.19 bits per heavy atom. The van der Waals surface area contributed by atoms with Crippen molar-refractivity contribution >= 4 is 39.5 Å². The van der Waals surface area contributed by atoms with Gasteiger partial charge in [-0.15, -0.1) is 5.10 Å². The van der Waals surface area contributed by atoms with E-state index in [1.807, 2.05) is 25.1 Å². The van der Waals surface area contributed by atoms with Crippen LogP contribution in [0.25, 0.3) is 4.96 Å². The number of nitrogens with zero attached hydrogens (tertiary/aromatic N) is 4. The van der Waals surface area contributed by atoms with Crippen molar-refractivity contribution in [3.63, 3.8) is 0 Å². The maximum absolute atomic E-state index is 10.9. The van der Waals surface area contributed by atoms with Crippen LogP contribution in [-0.2, 0) is 0 Å². The van der Waals surface area contributed by atoms with Crippen molar-refractivity contribution in [2.75, 3.05) is 13.1 Å². The largest absolute Gasteiger partial charge is 0.492 e. The molecule has 0 radical (unpaired) electrons. The van der Waals surface area contributed by atoms with Gasteiger partial charge in [-0.3, -0.25) is 4.90 Å². The van der Waals surface area contributed by atoms with Crippen molar-refractivity contribution in [3.8, 4) is 5.88 Å². The summed E-state index contributed by atoms with van der Waals surface area (Å²) in [6, 6.07) is 5.60. The van der Waals surface area contributed by atoms with Gasteiger partial charge in [0, 0.05) is 13.1 Å². The molecule has 0 bridgehead atoms. The summed E-state index contributed by atoms with van der Waals surface area (Å²) < 4.78 is 1.52. The van der Waals surface area contributed by atoms with E-state index in [4.69, 9.17) is 23.2 Å². The van der Waals surface area contributed by atoms with Gasteiger partial charge in [0.05, 0.1) is 21.0 Å². The number of hydrogen-bond acceptors (Lipinski definition) is 5. The highest BCUT2D eigenvalue weighted by molar-refractivity contribution is 7.17. The van der Waals surface area contributed by atoms with E-state index in [0.29, 0.717) is 32.7 Å². The number of halogens is 2. The van der Waals surface area contributed by atoms with Gasteiger partial charge in [0.2, 0.25) is 10.8 Å². The van der Waals surface area contributed by atoms with E-state index in [2.05, 4.69) is 28.8 Å². The molecule has 0 saturated carbocycles. The lowest BCUT2D eigenvalue weighted by molar-refractivity contribution is 0.112. The number of thiazole rings is 1. The molecule has 1 fully saturated rings. The van der Waals surface area contributed by atoms with Crippen molar-refractivity contribution in [2.24, 2.45) is 11.8 Å². The summed E-state index contributed by atoms with van der Waals surface area (Å²) in [6.07, 6.45) is 1.21. The summed E-state index contributed by atoms with van der Waals surface area (Å²) in [5, 5.41) is 16.3. The first kappa shape index (κ1) is 19.0. The Kier molecular flexibility index (Phi) is 5.10. The monoisotopic (exact) mass is 424 g/mol. The number of rotatable bonds is 3. The molecule has 1 aliphatic rings. The minimum Gasteiger partial charge on any atom is -0.492 e. The molecule has 27 heavy (non-hydrogen) atoms. The highest BCUT2D eigenvalue weighted by Gasteiger charge is 2.33. The van der Waals surface area contributed by atoms with Crippen LogP contribution in [0.5, 0.6) is 5.88 Å². The number of hydrogen-bond donors (Lipinski definition) is 1. The smallest absolute Gasteiger partial charge is 0.230 e. The summed E-state index contributed by atoms with van der Waals surface area (Å²) in [5.74, 6) is 1.98. The van der Waals surface area contributed by atoms with E-state index in [0.717, 1.165) is 23.5 Å². The van der Waals surface area contributed by atoms with Gasteiger partial charge < -0.3 is 5.11 Å². The molecule has 3 aromatic rings. The normalized spacial score (nSPS) is 22.4. The Hall–Kier alpha value is -1.34. The number of fused-ring (bicyclic) bond motifs is 1. The molecule has 1 aliphatic heterocycles. The lowest BCUT2D eigenvalue weighted by Crippen LogP contribution is -2.41. The molecule has 0 aliphatic carbocycles. The third-order valence-corrected chi connectivity index (χ3v) is 6.89. The lowest BCUT2D eigenvalue weighted by Gasteiger charge is -2.40. The summed E-state index contributed by atoms with van der Waals surface area (Å²) in [6.45, 7) is 8.30. The predicted molar refractivity (Wildman–Crippen MR) is 110 cm³/mol. The van der Waals surface area contributed by atoms with Crippen LogP contribution < -0.4 is 0 Å². The van der Waals surface area contributed by atoms with Gasteiger partial charge in [-0.1, -0.05) is 54.5 Å². The molecule has 8 heteroatoms. The molecule has 3 atom stereocenters. The van der Waals surface area contributed by atoms with Crippen LogP contribution in [-0.4, -0.2) is 37.7 Å². The summed E-state index contributed by atoms with van der Waals surface area (Å²) in [5.41, 5.74) is 1.02. The molecule has 144 valence electrons. The van der Waals surface area contributed by atoms with E-state index in [9.17, 15) is 5.11 Å². The van der Waals surface area contributed by atoms with Crippen molar-refractivity contribution in [1.82, 2.24) is 19.5 Å². The lowest BCUT2D eigenvalue weighted by atomic mass is 9.89. The zero-order chi connectivity index (χ0) is 19.3. The van der Waals surface area contributed by atoms with E-state index < -0.39 is 0 Å². The van der Waals surface area contributed by atoms with Gasteiger partial charge in [0.15, 0.2) is 0 Å². The summed E-state index contributed by atoms with van der Waals surface area (Å²) >= 11 is 13.9. The third-order valence-electron chi connectivity index (χ3n) is 5.08. The second-order valence-corrected chi connectivity index (χ2v) is 9.44. The minimum absolute atomic E-state index is 0.112. The molecule has 1 N–H and O–H groups in total. The Bertz CT molecular complexity index is 976. The van der Waals surface area contributed by atoms with Crippen LogP contribution in [0.4, 0.5) is 0 Å². The zero-order valence-corrected chi connectivity index (χ0v) is 17.8. The molecule has 0 spiro atoms. The number of piperidine rings is 1. The highest BCUT2D eigenvalue weighted by Crippen LogP contribution is 2.43. The molecular weight excluding hydrogens is 403 g/mol. The molecule has 1 aromatic carbocycles. The van der Waals surface area contributed by atoms with Crippen LogP contribution in [0.15, 0.2) is 18.2 Å². The van der Waals surface area contributed by atoms with Crippen molar-refractivity contribution in [3.05, 3.63) is 44.5 Å². The van der Waals surface area contributed by atoms with Crippen LogP contribution in [0.1, 0.15) is 42.6 Å². The average Bonchev–Trinajstić information content (AvgIpc) is 3.08. The number of likely N-dealkylation sites (tertiary alicyclic amines) is 1. The van der Waals surface area contributed by atoms with Gasteiger partial charge in [-0.05, 0) is 42.9 Å². The third kappa shape index (κ3) is 3.56. The van der Waals surface area contributed by atoms with Gasteiger partial charge in [-0.2, -0.15) is 4.52 Å². The number of aromatic nitrogens is 3. The van der Waals surface area contributed by atoms with Gasteiger partial charge in [0.25, 0.3) is 0 Å². The molecule has 2 aromatic heterocycles. The molecule has 0 unspecified atom stereocenters. The Balaban J connectivity index is 1.85. The van der Waals surface area contributed by atoms with Crippen molar-refractivity contribution < 1.29 is 5.11 Å². The van der Waals surface area contributed by atoms with E-state index in [-0.39, 0.29) is 11.9 Å². The Morgan fingerprint density at radius 2 is 1.89 bits per heavy atom. The first-order chi connectivity index (χ1) is 12.8. The molecular formula is C19H22Cl2N4OS. The quantitative estimate of drug-likeness (QED) is 0.629. The van der Waals surface area contributed by atoms with Crippen LogP contribution in [0, 0.1) is 18.8 Å². The number of aromatic hydroxyl groups is 1. The van der Waals surface area contributed by atoms with Gasteiger partial charge in [-0.25, -0.2) is 4.98 Å². The standard InChI is InChI=1S/C19H22Cl2N4OS/c1-10-6-11(2)9-24(8-10)16(13-4-5-14(20)15(21)7-13)17-18(26)25-19(27-17)22-12(3)23-25/h4-5,7,10-11,16,26H,6,8-9H2,1-3H3/t10-,11-,16-/m0/s1. The first-order valence-corrected chi connectivity index (χ1v) is 10.6. The fraction of sp³-hybridized carbons (Fsp3) is 0.474. The van der Waals surface area contributed by atoms with Crippen LogP contribution >= 0.6 is 34.5 Å². The molecule has 4 rings (SSSR count).